The van der Waals surface area contributed by atoms with Crippen molar-refractivity contribution >= 4 is 21.8 Å². The summed E-state index contributed by atoms with van der Waals surface area (Å²) in [6.07, 6.45) is 0.899. The highest BCUT2D eigenvalue weighted by molar-refractivity contribution is 8.19. The molecule has 0 saturated carbocycles. The Labute approximate surface area is 75.2 Å². The van der Waals surface area contributed by atoms with E-state index in [4.69, 9.17) is 21.2 Å². The Kier molecular flexibility index (Phi) is 7.39. The first kappa shape index (κ1) is 10.6. The van der Waals surface area contributed by atoms with Crippen LogP contribution in [0.15, 0.2) is 0 Å². The molecule has 0 atom stereocenters. The molecule has 0 spiro atoms. The second-order valence-corrected chi connectivity index (χ2v) is 2.88. The van der Waals surface area contributed by atoms with Crippen molar-refractivity contribution in [3.8, 4) is 12.1 Å². The minimum absolute atomic E-state index is 0.450. The summed E-state index contributed by atoms with van der Waals surface area (Å²) in [5.74, 6) is 0. The van der Waals surface area contributed by atoms with Gasteiger partial charge in [0.1, 0.15) is 0 Å². The third-order valence-corrected chi connectivity index (χ3v) is 2.19. The van der Waals surface area contributed by atoms with Crippen molar-refractivity contribution < 1.29 is 0 Å². The Hall–Kier alpha value is -0.420. The van der Waals surface area contributed by atoms with Crippen LogP contribution >= 0.6 is 21.8 Å². The standard InChI is InChI=1S/C6H8ClN3S/c7-11-10(5-1-3-8)6-2-4-9/h1-2,5-6H2. The molecule has 60 valence electrons. The van der Waals surface area contributed by atoms with E-state index in [2.05, 4.69) is 0 Å². The zero-order chi connectivity index (χ0) is 8.53. The minimum Gasteiger partial charge on any atom is -0.235 e. The van der Waals surface area contributed by atoms with Crippen LogP contribution in [-0.4, -0.2) is 17.4 Å². The first-order valence-electron chi connectivity index (χ1n) is 3.12. The molecule has 0 aromatic heterocycles. The quantitative estimate of drug-likeness (QED) is 0.620. The molecule has 5 heteroatoms. The van der Waals surface area contributed by atoms with Gasteiger partial charge in [-0.1, -0.05) is 0 Å². The molecule has 0 aromatic carbocycles. The lowest BCUT2D eigenvalue weighted by Crippen LogP contribution is -2.16. The van der Waals surface area contributed by atoms with Gasteiger partial charge in [-0.25, -0.2) is 4.31 Å². The van der Waals surface area contributed by atoms with Gasteiger partial charge in [0.2, 0.25) is 0 Å². The molecule has 0 amide bonds. The fourth-order valence-electron chi connectivity index (χ4n) is 0.530. The normalized spacial score (nSPS) is 9.09. The SMILES string of the molecule is N#CCCN(CCC#N)SCl. The molecule has 0 rings (SSSR count). The Morgan fingerprint density at radius 2 is 1.64 bits per heavy atom. The van der Waals surface area contributed by atoms with Gasteiger partial charge in [0.25, 0.3) is 0 Å². The average molecular weight is 190 g/mol. The van der Waals surface area contributed by atoms with Crippen LogP contribution in [0, 0.1) is 22.7 Å². The summed E-state index contributed by atoms with van der Waals surface area (Å²) in [5.41, 5.74) is 0. The molecule has 0 aliphatic carbocycles. The van der Waals surface area contributed by atoms with Gasteiger partial charge < -0.3 is 0 Å². The fraction of sp³-hybridized carbons (Fsp3) is 0.667. The van der Waals surface area contributed by atoms with Gasteiger partial charge in [0, 0.05) is 37.1 Å². The van der Waals surface area contributed by atoms with Gasteiger partial charge in [-0.15, -0.1) is 0 Å². The Bertz CT molecular complexity index is 154. The maximum Gasteiger partial charge on any atom is 0.0635 e. The highest BCUT2D eigenvalue weighted by Crippen LogP contribution is 2.14. The number of halogens is 1. The predicted octanol–water partition coefficient (Wildman–Crippen LogP) is 1.92. The van der Waals surface area contributed by atoms with Crippen LogP contribution in [0.5, 0.6) is 0 Å². The molecular formula is C6H8ClN3S. The molecule has 0 bridgehead atoms. The van der Waals surface area contributed by atoms with E-state index >= 15 is 0 Å². The molecule has 0 N–H and O–H groups in total. The van der Waals surface area contributed by atoms with Gasteiger partial charge in [-0.2, -0.15) is 10.5 Å². The lowest BCUT2D eigenvalue weighted by molar-refractivity contribution is 0.495. The number of rotatable bonds is 5. The van der Waals surface area contributed by atoms with Crippen LogP contribution in [0.3, 0.4) is 0 Å². The average Bonchev–Trinajstić information content (AvgIpc) is 2.05. The fourth-order valence-corrected chi connectivity index (χ4v) is 1.26. The largest absolute Gasteiger partial charge is 0.235 e. The van der Waals surface area contributed by atoms with E-state index in [0.717, 1.165) is 11.2 Å². The summed E-state index contributed by atoms with van der Waals surface area (Å²) in [4.78, 5) is 0. The topological polar surface area (TPSA) is 50.8 Å². The Morgan fingerprint density at radius 3 is 1.91 bits per heavy atom. The lowest BCUT2D eigenvalue weighted by atomic mass is 10.4. The van der Waals surface area contributed by atoms with E-state index in [1.54, 1.807) is 4.31 Å². The maximum atomic E-state index is 8.24. The molecule has 0 aliphatic rings. The number of nitrogens with zero attached hydrogens (tertiary/aromatic N) is 3. The summed E-state index contributed by atoms with van der Waals surface area (Å²) in [6, 6.07) is 4.02. The van der Waals surface area contributed by atoms with Crippen molar-refractivity contribution in [3.05, 3.63) is 0 Å². The van der Waals surface area contributed by atoms with Crippen LogP contribution in [0.1, 0.15) is 12.8 Å². The second kappa shape index (κ2) is 7.68. The van der Waals surface area contributed by atoms with Crippen LogP contribution in [0.25, 0.3) is 0 Å². The Morgan fingerprint density at radius 1 is 1.18 bits per heavy atom. The van der Waals surface area contributed by atoms with E-state index in [1.807, 2.05) is 12.1 Å². The molecule has 0 heterocycles. The highest BCUT2D eigenvalue weighted by Gasteiger charge is 2.01. The van der Waals surface area contributed by atoms with Crippen molar-refractivity contribution in [1.82, 2.24) is 4.31 Å². The van der Waals surface area contributed by atoms with Crippen molar-refractivity contribution in [1.29, 1.82) is 10.5 Å². The Balaban J connectivity index is 3.44. The molecule has 0 unspecified atom stereocenters. The summed E-state index contributed by atoms with van der Waals surface area (Å²) in [6.45, 7) is 1.23. The van der Waals surface area contributed by atoms with Crippen LogP contribution in [0.2, 0.25) is 0 Å². The van der Waals surface area contributed by atoms with Gasteiger partial charge in [-0.3, -0.25) is 0 Å². The zero-order valence-corrected chi connectivity index (χ0v) is 7.53. The van der Waals surface area contributed by atoms with Crippen molar-refractivity contribution in [2.45, 2.75) is 12.8 Å². The smallest absolute Gasteiger partial charge is 0.0635 e. The molecule has 3 nitrogen and oxygen atoms in total. The summed E-state index contributed by atoms with van der Waals surface area (Å²) < 4.78 is 1.79. The van der Waals surface area contributed by atoms with Crippen molar-refractivity contribution in [2.75, 3.05) is 13.1 Å². The van der Waals surface area contributed by atoms with Gasteiger partial charge in [0.05, 0.1) is 12.1 Å². The predicted molar refractivity (Wildman–Crippen MR) is 45.5 cm³/mol. The third-order valence-electron chi connectivity index (χ3n) is 1.04. The van der Waals surface area contributed by atoms with E-state index in [0.29, 0.717) is 25.9 Å². The van der Waals surface area contributed by atoms with Crippen LogP contribution < -0.4 is 0 Å². The van der Waals surface area contributed by atoms with Crippen LogP contribution in [0.4, 0.5) is 0 Å². The number of hydrogen-bond donors (Lipinski definition) is 0. The molecule has 0 saturated heterocycles. The van der Waals surface area contributed by atoms with E-state index in [9.17, 15) is 0 Å². The summed E-state index contributed by atoms with van der Waals surface area (Å²) >= 11 is 1.05. The van der Waals surface area contributed by atoms with Crippen LogP contribution in [-0.2, 0) is 0 Å². The van der Waals surface area contributed by atoms with E-state index < -0.39 is 0 Å². The monoisotopic (exact) mass is 189 g/mol. The number of nitriles is 2. The molecular weight excluding hydrogens is 182 g/mol. The minimum atomic E-state index is 0.450. The zero-order valence-electron chi connectivity index (χ0n) is 5.96. The summed E-state index contributed by atoms with van der Waals surface area (Å²) in [5, 5.41) is 16.5. The maximum absolute atomic E-state index is 8.24. The highest BCUT2D eigenvalue weighted by atomic mass is 35.7. The second-order valence-electron chi connectivity index (χ2n) is 1.81. The van der Waals surface area contributed by atoms with E-state index in [1.165, 1.54) is 0 Å². The van der Waals surface area contributed by atoms with Gasteiger partial charge in [-0.05, 0) is 10.7 Å². The van der Waals surface area contributed by atoms with Gasteiger partial charge in [0.15, 0.2) is 0 Å². The molecule has 11 heavy (non-hydrogen) atoms. The molecule has 0 aromatic rings. The summed E-state index contributed by atoms with van der Waals surface area (Å²) in [7, 11) is 5.46. The van der Waals surface area contributed by atoms with Crippen molar-refractivity contribution in [2.24, 2.45) is 0 Å². The first-order chi connectivity index (χ1) is 5.35. The van der Waals surface area contributed by atoms with E-state index in [-0.39, 0.29) is 0 Å². The molecule has 0 radical (unpaired) electrons. The van der Waals surface area contributed by atoms with Gasteiger partial charge >= 0.3 is 0 Å². The molecule has 0 fully saturated rings. The first-order valence-corrected chi connectivity index (χ1v) is 4.72. The number of hydrogen-bond acceptors (Lipinski definition) is 4. The van der Waals surface area contributed by atoms with Crippen molar-refractivity contribution in [3.63, 3.8) is 0 Å². The molecule has 0 aliphatic heterocycles. The third kappa shape index (κ3) is 6.00. The lowest BCUT2D eigenvalue weighted by Gasteiger charge is -2.12.